The summed E-state index contributed by atoms with van der Waals surface area (Å²) in [6.45, 7) is 0. The van der Waals surface area contributed by atoms with Gasteiger partial charge in [-0.1, -0.05) is 27.7 Å². The van der Waals surface area contributed by atoms with Crippen molar-refractivity contribution in [3.05, 3.63) is 86.9 Å². The number of aromatic hydroxyl groups is 1. The number of nitro benzene ring substituents is 1. The van der Waals surface area contributed by atoms with E-state index in [0.29, 0.717) is 16.1 Å². The third-order valence-electron chi connectivity index (χ3n) is 3.58. The first-order valence-corrected chi connectivity index (χ1v) is 9.35. The minimum absolute atomic E-state index is 0.110. The number of halogens is 1. The Bertz CT molecular complexity index is 992. The van der Waals surface area contributed by atoms with Crippen LogP contribution in [0.3, 0.4) is 0 Å². The van der Waals surface area contributed by atoms with Crippen molar-refractivity contribution in [1.82, 2.24) is 0 Å². The number of carbonyl (C=O) groups is 1. The van der Waals surface area contributed by atoms with Gasteiger partial charge in [0.25, 0.3) is 11.6 Å². The van der Waals surface area contributed by atoms with E-state index in [1.54, 1.807) is 48.5 Å². The quantitative estimate of drug-likeness (QED) is 0.402. The van der Waals surface area contributed by atoms with Gasteiger partial charge in [0.2, 0.25) is 0 Å². The number of nitrogens with one attached hydrogen (secondary N) is 1. The largest absolute Gasteiger partial charge is 0.508 e. The number of nitro groups is 1. The maximum Gasteiger partial charge on any atom is 0.285 e. The molecule has 2 N–H and O–H groups in total. The molecule has 8 heteroatoms. The van der Waals surface area contributed by atoms with Crippen molar-refractivity contribution in [2.45, 2.75) is 9.79 Å². The number of anilines is 1. The molecule has 3 aromatic rings. The number of nitrogens with zero attached hydrogens (tertiary/aromatic N) is 1. The molecule has 3 rings (SSSR count). The van der Waals surface area contributed by atoms with Crippen LogP contribution in [0.4, 0.5) is 11.4 Å². The van der Waals surface area contributed by atoms with Gasteiger partial charge in [0.15, 0.2) is 0 Å². The Morgan fingerprint density at radius 3 is 2.33 bits per heavy atom. The average Bonchev–Trinajstić information content (AvgIpc) is 2.65. The smallest absolute Gasteiger partial charge is 0.285 e. The normalized spacial score (nSPS) is 10.4. The maximum atomic E-state index is 12.3. The molecule has 0 bridgehead atoms. The molecule has 0 aromatic heterocycles. The number of carbonyl (C=O) groups excluding carboxylic acids is 1. The van der Waals surface area contributed by atoms with Crippen LogP contribution in [-0.4, -0.2) is 15.9 Å². The Morgan fingerprint density at radius 2 is 1.70 bits per heavy atom. The van der Waals surface area contributed by atoms with E-state index in [2.05, 4.69) is 21.2 Å². The Kier molecular flexibility index (Phi) is 5.78. The van der Waals surface area contributed by atoms with Crippen molar-refractivity contribution < 1.29 is 14.8 Å². The van der Waals surface area contributed by atoms with E-state index in [1.807, 2.05) is 0 Å². The number of rotatable bonds is 5. The van der Waals surface area contributed by atoms with Crippen LogP contribution in [0.15, 0.2) is 81.0 Å². The Hall–Kier alpha value is -2.84. The third-order valence-corrected chi connectivity index (χ3v) is 5.19. The van der Waals surface area contributed by atoms with Crippen LogP contribution in [0.2, 0.25) is 0 Å². The van der Waals surface area contributed by atoms with E-state index in [0.717, 1.165) is 9.37 Å². The number of amides is 1. The molecule has 1 amide bonds. The molecule has 3 aromatic carbocycles. The molecule has 0 fully saturated rings. The summed E-state index contributed by atoms with van der Waals surface area (Å²) in [5.74, 6) is -0.226. The molecular formula is C19H13BrN2O4S. The summed E-state index contributed by atoms with van der Waals surface area (Å²) in [6.07, 6.45) is 0. The first-order valence-electron chi connectivity index (χ1n) is 7.74. The van der Waals surface area contributed by atoms with Crippen LogP contribution in [0, 0.1) is 10.1 Å². The highest BCUT2D eigenvalue weighted by Crippen LogP contribution is 2.37. The molecule has 0 spiro atoms. The van der Waals surface area contributed by atoms with Crippen molar-refractivity contribution in [2.24, 2.45) is 0 Å². The molecule has 0 aliphatic rings. The zero-order valence-corrected chi connectivity index (χ0v) is 16.2. The van der Waals surface area contributed by atoms with Gasteiger partial charge < -0.3 is 10.4 Å². The van der Waals surface area contributed by atoms with Gasteiger partial charge in [-0.25, -0.2) is 0 Å². The zero-order valence-electron chi connectivity index (χ0n) is 13.8. The van der Waals surface area contributed by atoms with E-state index in [-0.39, 0.29) is 17.3 Å². The summed E-state index contributed by atoms with van der Waals surface area (Å²) in [4.78, 5) is 24.4. The van der Waals surface area contributed by atoms with Crippen molar-refractivity contribution in [3.63, 3.8) is 0 Å². The molecule has 27 heavy (non-hydrogen) atoms. The second-order valence-electron chi connectivity index (χ2n) is 5.50. The summed E-state index contributed by atoms with van der Waals surface area (Å²) in [5.41, 5.74) is 0.676. The summed E-state index contributed by atoms with van der Waals surface area (Å²) >= 11 is 4.51. The molecule has 0 radical (unpaired) electrons. The van der Waals surface area contributed by atoms with E-state index in [1.165, 1.54) is 30.0 Å². The molecule has 0 atom stereocenters. The van der Waals surface area contributed by atoms with Crippen LogP contribution >= 0.6 is 27.7 Å². The fourth-order valence-corrected chi connectivity index (χ4v) is 3.43. The van der Waals surface area contributed by atoms with Crippen LogP contribution in [0.5, 0.6) is 5.75 Å². The highest BCUT2D eigenvalue weighted by molar-refractivity contribution is 9.10. The number of hydrogen-bond acceptors (Lipinski definition) is 5. The summed E-state index contributed by atoms with van der Waals surface area (Å²) in [5, 5.41) is 23.5. The summed E-state index contributed by atoms with van der Waals surface area (Å²) in [7, 11) is 0. The van der Waals surface area contributed by atoms with E-state index in [4.69, 9.17) is 0 Å². The molecule has 6 nitrogen and oxygen atoms in total. The Morgan fingerprint density at radius 1 is 1.04 bits per heavy atom. The Labute approximate surface area is 167 Å². The van der Waals surface area contributed by atoms with Gasteiger partial charge in [-0.3, -0.25) is 14.9 Å². The lowest BCUT2D eigenvalue weighted by Crippen LogP contribution is -2.11. The minimum atomic E-state index is -0.488. The first-order chi connectivity index (χ1) is 12.9. The highest BCUT2D eigenvalue weighted by Gasteiger charge is 2.17. The van der Waals surface area contributed by atoms with E-state index in [9.17, 15) is 20.0 Å². The van der Waals surface area contributed by atoms with Gasteiger partial charge >= 0.3 is 0 Å². The van der Waals surface area contributed by atoms with Crippen LogP contribution in [0.25, 0.3) is 0 Å². The van der Waals surface area contributed by atoms with Crippen LogP contribution < -0.4 is 5.32 Å². The van der Waals surface area contributed by atoms with Gasteiger partial charge in [-0.2, -0.15) is 0 Å². The van der Waals surface area contributed by atoms with E-state index >= 15 is 0 Å². The SMILES string of the molecule is O=C(Nc1ccc(Sc2ccc(O)cc2)c([N+](=O)[O-])c1)c1ccc(Br)cc1. The third kappa shape index (κ3) is 4.87. The first kappa shape index (κ1) is 18.9. The minimum Gasteiger partial charge on any atom is -0.508 e. The topological polar surface area (TPSA) is 92.5 Å². The van der Waals surface area contributed by atoms with E-state index < -0.39 is 4.92 Å². The molecule has 0 saturated heterocycles. The molecular weight excluding hydrogens is 432 g/mol. The van der Waals surface area contributed by atoms with Crippen LogP contribution in [0.1, 0.15) is 10.4 Å². The number of phenolic OH excluding ortho intramolecular Hbond substituents is 1. The van der Waals surface area contributed by atoms with Crippen LogP contribution in [-0.2, 0) is 0 Å². The van der Waals surface area contributed by atoms with Gasteiger partial charge in [-0.05, 0) is 60.7 Å². The van der Waals surface area contributed by atoms with Gasteiger partial charge in [0.05, 0.1) is 9.82 Å². The van der Waals surface area contributed by atoms with Crippen molar-refractivity contribution >= 4 is 45.0 Å². The van der Waals surface area contributed by atoms with Gasteiger partial charge in [0, 0.05) is 26.7 Å². The number of benzene rings is 3. The average molecular weight is 445 g/mol. The molecule has 0 aliphatic carbocycles. The lowest BCUT2D eigenvalue weighted by Gasteiger charge is -2.08. The fraction of sp³-hybridized carbons (Fsp3) is 0. The number of hydrogen-bond donors (Lipinski definition) is 2. The molecule has 0 saturated carbocycles. The van der Waals surface area contributed by atoms with Gasteiger partial charge in [0.1, 0.15) is 5.75 Å². The monoisotopic (exact) mass is 444 g/mol. The summed E-state index contributed by atoms with van der Waals surface area (Å²) < 4.78 is 0.852. The second-order valence-corrected chi connectivity index (χ2v) is 7.53. The number of phenols is 1. The van der Waals surface area contributed by atoms with Crippen molar-refractivity contribution in [3.8, 4) is 5.75 Å². The Balaban J connectivity index is 1.82. The maximum absolute atomic E-state index is 12.3. The molecule has 0 aliphatic heterocycles. The second kappa shape index (κ2) is 8.24. The fourth-order valence-electron chi connectivity index (χ4n) is 2.27. The van der Waals surface area contributed by atoms with Crippen molar-refractivity contribution in [2.75, 3.05) is 5.32 Å². The standard InChI is InChI=1S/C19H13BrN2O4S/c20-13-3-1-12(2-4-13)19(24)21-14-5-10-18(17(11-14)22(25)26)27-16-8-6-15(23)7-9-16/h1-11,23H,(H,21,24). The summed E-state index contributed by atoms with van der Waals surface area (Å²) in [6, 6.07) is 17.7. The lowest BCUT2D eigenvalue weighted by atomic mass is 10.2. The predicted octanol–water partition coefficient (Wildman–Crippen LogP) is 5.47. The molecule has 0 unspecified atom stereocenters. The molecule has 0 heterocycles. The lowest BCUT2D eigenvalue weighted by molar-refractivity contribution is -0.387. The zero-order chi connectivity index (χ0) is 19.4. The van der Waals surface area contributed by atoms with Gasteiger partial charge in [-0.15, -0.1) is 0 Å². The van der Waals surface area contributed by atoms with Crippen molar-refractivity contribution in [1.29, 1.82) is 0 Å². The molecule has 136 valence electrons. The highest BCUT2D eigenvalue weighted by atomic mass is 79.9. The predicted molar refractivity (Wildman–Crippen MR) is 107 cm³/mol.